The second-order valence-electron chi connectivity index (χ2n) is 6.68. The monoisotopic (exact) mass is 417 g/mol. The number of carbonyl (C=O) groups excluding carboxylic acids is 1. The van der Waals surface area contributed by atoms with Gasteiger partial charge < -0.3 is 25.0 Å². The number of carbonyl (C=O) groups is 1. The molecule has 2 unspecified atom stereocenters. The van der Waals surface area contributed by atoms with Gasteiger partial charge in [0, 0.05) is 0 Å². The number of aliphatic hydroxyl groups is 3. The molecule has 1 fully saturated rings. The predicted octanol–water partition coefficient (Wildman–Crippen LogP) is 0.282. The Labute approximate surface area is 169 Å². The van der Waals surface area contributed by atoms with Crippen LogP contribution >= 0.6 is 12.2 Å². The number of H-pyrrole nitrogens is 1. The van der Waals surface area contributed by atoms with Crippen LogP contribution in [0.25, 0.3) is 11.2 Å². The molecule has 5 N–H and O–H groups in total. The Morgan fingerprint density at radius 2 is 2.03 bits per heavy atom. The number of rotatable bonds is 5. The zero-order chi connectivity index (χ0) is 20.5. The molecule has 1 aromatic carbocycles. The summed E-state index contributed by atoms with van der Waals surface area (Å²) in [5.41, 5.74) is 1.55. The van der Waals surface area contributed by atoms with Crippen molar-refractivity contribution in [1.29, 1.82) is 0 Å². The van der Waals surface area contributed by atoms with Crippen LogP contribution in [-0.4, -0.2) is 65.7 Å². The first-order valence-corrected chi connectivity index (χ1v) is 9.32. The maximum atomic E-state index is 12.3. The average Bonchev–Trinajstić information content (AvgIpc) is 3.24. The number of aromatic amines is 1. The Kier molecular flexibility index (Phi) is 5.39. The number of aromatic nitrogens is 4. The van der Waals surface area contributed by atoms with E-state index in [1.807, 2.05) is 30.3 Å². The van der Waals surface area contributed by atoms with Gasteiger partial charge in [-0.1, -0.05) is 42.5 Å². The van der Waals surface area contributed by atoms with E-state index in [9.17, 15) is 20.1 Å². The Morgan fingerprint density at radius 3 is 2.72 bits per heavy atom. The van der Waals surface area contributed by atoms with Crippen LogP contribution in [0.1, 0.15) is 11.8 Å². The van der Waals surface area contributed by atoms with E-state index >= 15 is 0 Å². The lowest BCUT2D eigenvalue weighted by molar-refractivity contribution is -0.115. The molecule has 0 saturated carbocycles. The Hall–Kier alpha value is -2.70. The fraction of sp³-hybridized carbons (Fsp3) is 0.333. The number of nitrogens with one attached hydrogen (secondary N) is 2. The fourth-order valence-corrected chi connectivity index (χ4v) is 3.50. The Morgan fingerprint density at radius 1 is 1.28 bits per heavy atom. The molecular formula is C18H19N5O5S. The minimum atomic E-state index is -1.28. The van der Waals surface area contributed by atoms with Crippen LogP contribution in [0.15, 0.2) is 36.7 Å². The summed E-state index contributed by atoms with van der Waals surface area (Å²) in [6.07, 6.45) is -2.91. The van der Waals surface area contributed by atoms with Crippen molar-refractivity contribution in [3.8, 4) is 0 Å². The van der Waals surface area contributed by atoms with Crippen LogP contribution in [0, 0.1) is 4.64 Å². The topological polar surface area (TPSA) is 146 Å². The summed E-state index contributed by atoms with van der Waals surface area (Å²) >= 11 is 5.26. The fourth-order valence-electron chi connectivity index (χ4n) is 3.26. The van der Waals surface area contributed by atoms with Gasteiger partial charge in [-0.25, -0.2) is 9.97 Å². The summed E-state index contributed by atoms with van der Waals surface area (Å²) in [6, 6.07) is 9.25. The molecule has 1 amide bonds. The third-order valence-corrected chi connectivity index (χ3v) is 4.99. The molecule has 1 aliphatic heterocycles. The van der Waals surface area contributed by atoms with Crippen molar-refractivity contribution in [3.63, 3.8) is 0 Å². The van der Waals surface area contributed by atoms with Crippen LogP contribution in [-0.2, 0) is 16.0 Å². The highest BCUT2D eigenvalue weighted by Crippen LogP contribution is 2.31. The van der Waals surface area contributed by atoms with Crippen LogP contribution in [0.5, 0.6) is 0 Å². The standard InChI is InChI=1S/C18H19N5O5S/c24-7-10-13(26)14(27)17(28-10)23-8-19-12-15(23)21-18(22-16(12)29)20-11(25)6-9-4-2-1-3-5-9/h1-5,8,10,13-14,17,24,26-27H,6-7H2,(H2,20,21,22,25,29)/t10-,13?,14?,17-/m1/s1. The summed E-state index contributed by atoms with van der Waals surface area (Å²) in [6.45, 7) is -0.445. The molecule has 152 valence electrons. The Balaban J connectivity index is 1.62. The quantitative estimate of drug-likeness (QED) is 0.372. The summed E-state index contributed by atoms with van der Waals surface area (Å²) in [5.74, 6) is -0.162. The van der Waals surface area contributed by atoms with Gasteiger partial charge >= 0.3 is 0 Å². The van der Waals surface area contributed by atoms with E-state index in [2.05, 4.69) is 20.3 Å². The van der Waals surface area contributed by atoms with Crippen molar-refractivity contribution in [2.45, 2.75) is 31.0 Å². The number of hydrogen-bond acceptors (Lipinski definition) is 8. The summed E-state index contributed by atoms with van der Waals surface area (Å²) < 4.78 is 7.14. The van der Waals surface area contributed by atoms with Crippen molar-refractivity contribution >= 4 is 35.2 Å². The average molecular weight is 417 g/mol. The van der Waals surface area contributed by atoms with Crippen molar-refractivity contribution in [2.75, 3.05) is 11.9 Å². The van der Waals surface area contributed by atoms with Gasteiger partial charge in [-0.05, 0) is 5.56 Å². The van der Waals surface area contributed by atoms with Crippen molar-refractivity contribution in [2.24, 2.45) is 0 Å². The second kappa shape index (κ2) is 7.97. The smallest absolute Gasteiger partial charge is 0.231 e. The number of benzene rings is 1. The molecule has 0 spiro atoms. The normalized spacial score (nSPS) is 24.1. The van der Waals surface area contributed by atoms with Gasteiger partial charge in [0.2, 0.25) is 11.9 Å². The number of aliphatic hydroxyl groups excluding tert-OH is 3. The lowest BCUT2D eigenvalue weighted by atomic mass is 10.1. The number of nitrogens with zero attached hydrogens (tertiary/aromatic N) is 3. The highest BCUT2D eigenvalue weighted by Gasteiger charge is 2.43. The molecule has 3 heterocycles. The zero-order valence-corrected chi connectivity index (χ0v) is 15.9. The molecule has 29 heavy (non-hydrogen) atoms. The van der Waals surface area contributed by atoms with Crippen molar-refractivity contribution in [3.05, 3.63) is 46.9 Å². The third kappa shape index (κ3) is 3.78. The SMILES string of the molecule is O=C(Cc1ccccc1)Nc1nc(=S)c2ncn([C@@H]3O[C@H](CO)C(O)C3O)c2[nH]1. The lowest BCUT2D eigenvalue weighted by Crippen LogP contribution is -2.33. The molecule has 0 aliphatic carbocycles. The first-order chi connectivity index (χ1) is 14.0. The number of anilines is 1. The van der Waals surface area contributed by atoms with Crippen molar-refractivity contribution < 1.29 is 24.9 Å². The maximum absolute atomic E-state index is 12.3. The zero-order valence-electron chi connectivity index (χ0n) is 15.1. The van der Waals surface area contributed by atoms with Crippen LogP contribution in [0.2, 0.25) is 0 Å². The van der Waals surface area contributed by atoms with Gasteiger partial charge in [-0.15, -0.1) is 0 Å². The highest BCUT2D eigenvalue weighted by atomic mass is 32.1. The second-order valence-corrected chi connectivity index (χ2v) is 7.07. The first-order valence-electron chi connectivity index (χ1n) is 8.91. The van der Waals surface area contributed by atoms with Crippen LogP contribution in [0.3, 0.4) is 0 Å². The minimum Gasteiger partial charge on any atom is -0.394 e. The Bertz CT molecular complexity index is 1090. The number of ether oxygens (including phenoxy) is 1. The van der Waals surface area contributed by atoms with Gasteiger partial charge in [0.25, 0.3) is 0 Å². The van der Waals surface area contributed by atoms with E-state index in [1.165, 1.54) is 10.9 Å². The summed E-state index contributed by atoms with van der Waals surface area (Å²) in [4.78, 5) is 23.6. The third-order valence-electron chi connectivity index (χ3n) is 4.70. The number of imidazole rings is 1. The molecule has 0 radical (unpaired) electrons. The van der Waals surface area contributed by atoms with E-state index in [0.717, 1.165) is 5.56 Å². The summed E-state index contributed by atoms with van der Waals surface area (Å²) in [5, 5.41) is 32.2. The minimum absolute atomic E-state index is 0.122. The first kappa shape index (κ1) is 19.6. The molecule has 3 aromatic rings. The molecule has 1 aliphatic rings. The van der Waals surface area contributed by atoms with E-state index in [1.54, 1.807) is 0 Å². The van der Waals surface area contributed by atoms with Gasteiger partial charge in [-0.3, -0.25) is 14.7 Å². The molecule has 11 heteroatoms. The molecule has 4 atom stereocenters. The molecule has 2 aromatic heterocycles. The maximum Gasteiger partial charge on any atom is 0.231 e. The molecule has 1 saturated heterocycles. The van der Waals surface area contributed by atoms with Gasteiger partial charge in [0.05, 0.1) is 19.4 Å². The number of amides is 1. The van der Waals surface area contributed by atoms with Gasteiger partial charge in [0.1, 0.15) is 29.5 Å². The predicted molar refractivity (Wildman–Crippen MR) is 104 cm³/mol. The van der Waals surface area contributed by atoms with Crippen LogP contribution in [0.4, 0.5) is 5.95 Å². The largest absolute Gasteiger partial charge is 0.394 e. The molecule has 10 nitrogen and oxygen atoms in total. The number of hydrogen-bond donors (Lipinski definition) is 5. The van der Waals surface area contributed by atoms with Crippen LogP contribution < -0.4 is 5.32 Å². The van der Waals surface area contributed by atoms with E-state index < -0.39 is 31.1 Å². The molecule has 0 bridgehead atoms. The lowest BCUT2D eigenvalue weighted by Gasteiger charge is -2.17. The molecule has 4 rings (SSSR count). The number of fused-ring (bicyclic) bond motifs is 1. The highest BCUT2D eigenvalue weighted by molar-refractivity contribution is 7.71. The summed E-state index contributed by atoms with van der Waals surface area (Å²) in [7, 11) is 0. The van der Waals surface area contributed by atoms with Gasteiger partial charge in [0.15, 0.2) is 10.9 Å². The van der Waals surface area contributed by atoms with Gasteiger partial charge in [-0.2, -0.15) is 0 Å². The molecular weight excluding hydrogens is 398 g/mol. The van der Waals surface area contributed by atoms with E-state index in [0.29, 0.717) is 11.2 Å². The van der Waals surface area contributed by atoms with E-state index in [-0.39, 0.29) is 22.9 Å². The van der Waals surface area contributed by atoms with E-state index in [4.69, 9.17) is 17.0 Å². The van der Waals surface area contributed by atoms with Crippen molar-refractivity contribution in [1.82, 2.24) is 19.5 Å².